The number of carbonyl (C=O) groups excluding carboxylic acids is 2. The summed E-state index contributed by atoms with van der Waals surface area (Å²) >= 11 is 21.6. The van der Waals surface area contributed by atoms with Crippen LogP contribution in [0.3, 0.4) is 0 Å². The standard InChI is InChI=1S/C20H8Br4O5.C20H8I4O5/c2*21-11-5-9-17(13(23)15(11)25)28-18-10(6-12(22)16(26)14(18)24)20(9)8-4-2-1-3-7(8)19(27)29-20/h2*1-6,25-26H. The number of phenolic OH excluding ortho intramolecular Hbond substituents is 4. The maximum Gasteiger partial charge on any atom is 0.340 e. The molecule has 58 heavy (non-hydrogen) atoms. The summed E-state index contributed by atoms with van der Waals surface area (Å²) in [7, 11) is 0. The maximum atomic E-state index is 12.9. The molecule has 0 amide bonds. The van der Waals surface area contributed by atoms with Gasteiger partial charge in [0.2, 0.25) is 0 Å². The number of halogens is 8. The minimum Gasteiger partial charge on any atom is -0.506 e. The molecule has 0 radical (unpaired) electrons. The van der Waals surface area contributed by atoms with Crippen molar-refractivity contribution in [3.63, 3.8) is 0 Å². The first-order valence-corrected chi connectivity index (χ1v) is 23.9. The molecule has 0 bridgehead atoms. The molecule has 0 aromatic heterocycles. The van der Waals surface area contributed by atoms with Gasteiger partial charge < -0.3 is 39.4 Å². The Hall–Kier alpha value is -2.10. The molecule has 10 rings (SSSR count). The molecule has 0 unspecified atom stereocenters. The van der Waals surface area contributed by atoms with E-state index >= 15 is 0 Å². The van der Waals surface area contributed by atoms with E-state index in [0.717, 1.165) is 0 Å². The second-order valence-electron chi connectivity index (χ2n) is 13.0. The number of ether oxygens (including phenoxy) is 4. The first-order valence-electron chi connectivity index (χ1n) is 16.4. The highest BCUT2D eigenvalue weighted by molar-refractivity contribution is 14.1. The van der Waals surface area contributed by atoms with Crippen LogP contribution in [0.4, 0.5) is 0 Å². The minimum atomic E-state index is -1.33. The summed E-state index contributed by atoms with van der Waals surface area (Å²) in [5, 5.41) is 41.8. The van der Waals surface area contributed by atoms with Crippen LogP contribution in [0.1, 0.15) is 54.1 Å². The van der Waals surface area contributed by atoms with Crippen molar-refractivity contribution < 1.29 is 49.0 Å². The Bertz CT molecular complexity index is 2580. The number of phenols is 4. The van der Waals surface area contributed by atoms with Crippen molar-refractivity contribution in [2.24, 2.45) is 0 Å². The second kappa shape index (κ2) is 14.8. The third-order valence-corrected chi connectivity index (χ3v) is 16.4. The zero-order chi connectivity index (χ0) is 41.3. The monoisotopic (exact) mass is 1480 g/mol. The van der Waals surface area contributed by atoms with Crippen molar-refractivity contribution in [3.05, 3.63) is 149 Å². The molecule has 292 valence electrons. The number of carbonyl (C=O) groups is 2. The van der Waals surface area contributed by atoms with E-state index in [9.17, 15) is 30.0 Å². The van der Waals surface area contributed by atoms with Gasteiger partial charge in [0, 0.05) is 11.1 Å². The van der Waals surface area contributed by atoms with Gasteiger partial charge in [-0.1, -0.05) is 36.4 Å². The lowest BCUT2D eigenvalue weighted by molar-refractivity contribution is 0.0212. The highest BCUT2D eigenvalue weighted by Gasteiger charge is 2.57. The molecule has 0 saturated heterocycles. The summed E-state index contributed by atoms with van der Waals surface area (Å²) in [4.78, 5) is 25.7. The average molecular weight is 1480 g/mol. The van der Waals surface area contributed by atoms with Gasteiger partial charge in [-0.05, 0) is 190 Å². The Kier molecular flexibility index (Phi) is 10.5. The fraction of sp³-hybridized carbons (Fsp3) is 0.0500. The lowest BCUT2D eigenvalue weighted by Crippen LogP contribution is -2.34. The lowest BCUT2D eigenvalue weighted by atomic mass is 9.77. The molecule has 4 heterocycles. The summed E-state index contributed by atoms with van der Waals surface area (Å²) in [6, 6.07) is 21.3. The van der Waals surface area contributed by atoms with E-state index in [1.807, 2.05) is 69.4 Å². The number of fused-ring (bicyclic) bond motifs is 12. The van der Waals surface area contributed by atoms with Crippen LogP contribution in [0, 0.1) is 14.3 Å². The quantitative estimate of drug-likeness (QED) is 0.0854. The lowest BCUT2D eigenvalue weighted by Gasteiger charge is -2.37. The number of esters is 2. The van der Waals surface area contributed by atoms with Gasteiger partial charge in [0.15, 0.2) is 34.2 Å². The molecule has 6 aromatic rings. The van der Waals surface area contributed by atoms with Crippen LogP contribution in [-0.4, -0.2) is 32.4 Å². The molecular formula is C40H16Br4I4O10. The van der Waals surface area contributed by atoms with Crippen molar-refractivity contribution in [3.8, 4) is 46.0 Å². The van der Waals surface area contributed by atoms with E-state index in [-0.39, 0.29) is 34.5 Å². The van der Waals surface area contributed by atoms with Gasteiger partial charge in [-0.2, -0.15) is 0 Å². The summed E-state index contributed by atoms with van der Waals surface area (Å²) in [6.07, 6.45) is 0. The molecule has 4 aliphatic heterocycles. The predicted molar refractivity (Wildman–Crippen MR) is 258 cm³/mol. The summed E-state index contributed by atoms with van der Waals surface area (Å²) < 4.78 is 28.2. The SMILES string of the molecule is O=C1OC2(c3ccccc31)c1cc(Br)c(O)c(Br)c1Oc1c2cc(Br)c(O)c1Br.O=C1OC2(c3ccccc31)c1cc(I)c(O)c(I)c1Oc1c2cc(I)c(O)c1I. The van der Waals surface area contributed by atoms with Crippen LogP contribution < -0.4 is 9.47 Å². The topological polar surface area (TPSA) is 152 Å². The zero-order valence-corrected chi connectivity index (χ0v) is 43.2. The Labute approximate surface area is 416 Å². The van der Waals surface area contributed by atoms with Crippen LogP contribution in [0.5, 0.6) is 46.0 Å². The fourth-order valence-corrected chi connectivity index (χ4v) is 13.5. The highest BCUT2D eigenvalue weighted by Crippen LogP contribution is 2.63. The molecule has 2 spiro atoms. The Morgan fingerprint density at radius 3 is 1.21 bits per heavy atom. The Morgan fingerprint density at radius 1 is 0.466 bits per heavy atom. The molecule has 6 aromatic carbocycles. The van der Waals surface area contributed by atoms with Crippen LogP contribution in [0.2, 0.25) is 0 Å². The van der Waals surface area contributed by atoms with E-state index in [4.69, 9.17) is 18.9 Å². The largest absolute Gasteiger partial charge is 0.506 e. The van der Waals surface area contributed by atoms with Crippen LogP contribution in [0.15, 0.2) is 90.7 Å². The van der Waals surface area contributed by atoms with Crippen molar-refractivity contribution >= 4 is 166 Å². The fourth-order valence-electron chi connectivity index (χ4n) is 7.54. The van der Waals surface area contributed by atoms with E-state index in [0.29, 0.717) is 88.2 Å². The zero-order valence-electron chi connectivity index (χ0n) is 28.2. The molecule has 0 aliphatic carbocycles. The summed E-state index contributed by atoms with van der Waals surface area (Å²) in [5.41, 5.74) is 2.09. The number of rotatable bonds is 0. The van der Waals surface area contributed by atoms with E-state index in [2.05, 4.69) is 109 Å². The first kappa shape index (κ1) is 41.3. The number of benzene rings is 6. The van der Waals surface area contributed by atoms with Crippen LogP contribution in [0.25, 0.3) is 0 Å². The van der Waals surface area contributed by atoms with E-state index in [1.165, 1.54) is 0 Å². The number of aromatic hydroxyl groups is 4. The minimum absolute atomic E-state index is 0.0579. The Morgan fingerprint density at radius 2 is 0.810 bits per heavy atom. The van der Waals surface area contributed by atoms with Crippen molar-refractivity contribution in [1.29, 1.82) is 0 Å². The molecule has 0 fully saturated rings. The van der Waals surface area contributed by atoms with Crippen molar-refractivity contribution in [2.75, 3.05) is 0 Å². The average Bonchev–Trinajstić information content (AvgIpc) is 3.68. The molecular weight excluding hydrogens is 1470 g/mol. The third kappa shape index (κ3) is 5.75. The van der Waals surface area contributed by atoms with Crippen molar-refractivity contribution in [1.82, 2.24) is 0 Å². The molecule has 0 saturated carbocycles. The third-order valence-electron chi connectivity index (χ3n) is 10.1. The normalized spacial score (nSPS) is 15.4. The highest BCUT2D eigenvalue weighted by atomic mass is 127. The molecule has 10 nitrogen and oxygen atoms in total. The molecule has 0 atom stereocenters. The van der Waals surface area contributed by atoms with Gasteiger partial charge in [-0.3, -0.25) is 0 Å². The first-order chi connectivity index (χ1) is 27.5. The van der Waals surface area contributed by atoms with E-state index < -0.39 is 23.1 Å². The smallest absolute Gasteiger partial charge is 0.340 e. The maximum absolute atomic E-state index is 12.9. The van der Waals surface area contributed by atoms with Gasteiger partial charge in [-0.15, -0.1) is 0 Å². The second-order valence-corrected chi connectivity index (χ2v) is 20.8. The van der Waals surface area contributed by atoms with Crippen molar-refractivity contribution in [2.45, 2.75) is 11.2 Å². The number of hydrogen-bond donors (Lipinski definition) is 4. The molecule has 4 aliphatic rings. The van der Waals surface area contributed by atoms with Crippen LogP contribution in [-0.2, 0) is 20.7 Å². The van der Waals surface area contributed by atoms with Gasteiger partial charge in [0.1, 0.15) is 31.9 Å². The van der Waals surface area contributed by atoms with Gasteiger partial charge in [0.05, 0.1) is 56.6 Å². The van der Waals surface area contributed by atoms with Crippen LogP contribution >= 0.6 is 154 Å². The van der Waals surface area contributed by atoms with Gasteiger partial charge in [0.25, 0.3) is 0 Å². The summed E-state index contributed by atoms with van der Waals surface area (Å²) in [6.45, 7) is 0. The molecule has 18 heteroatoms. The summed E-state index contributed by atoms with van der Waals surface area (Å²) in [5.74, 6) is 0.593. The van der Waals surface area contributed by atoms with E-state index in [1.54, 1.807) is 48.5 Å². The molecule has 4 N–H and O–H groups in total. The van der Waals surface area contributed by atoms with Gasteiger partial charge >= 0.3 is 11.9 Å². The van der Waals surface area contributed by atoms with Gasteiger partial charge in [-0.25, -0.2) is 9.59 Å². The predicted octanol–water partition coefficient (Wildman–Crippen LogP) is 12.8. The number of hydrogen-bond acceptors (Lipinski definition) is 10. The Balaban J connectivity index is 0.000000150.